The molecule has 0 aliphatic heterocycles. The molecule has 0 aliphatic carbocycles. The molecule has 0 aromatic rings. The Hall–Kier alpha value is -3.58. The second kappa shape index (κ2) is 20.3. The van der Waals surface area contributed by atoms with Crippen molar-refractivity contribution in [3.05, 3.63) is 0 Å². The monoisotopic (exact) mass is 638 g/mol. The fourth-order valence-corrected chi connectivity index (χ4v) is 4.01. The third-order valence-corrected chi connectivity index (χ3v) is 6.65. The first-order valence-corrected chi connectivity index (χ1v) is 14.7. The van der Waals surface area contributed by atoms with Crippen LogP contribution in [0, 0.1) is 0 Å². The fourth-order valence-electron chi connectivity index (χ4n) is 3.29. The molecule has 0 saturated carbocycles. The molecule has 238 valence electrons. The van der Waals surface area contributed by atoms with Crippen molar-refractivity contribution in [1.29, 1.82) is 0 Å². The standard InChI is InChI=1S/C23H38N6O11S2/c1-42-9-8-14(26-19(35)11(24)2-5-16(25)30)22(38)28-12(3-6-17(31)32)20(36)27-13(4-7-18(33)34)21(37)29-15(10-41)23(39)40/h11-15,41H,2-10,24H2,1H3,(H2,25,30)(H,26,35)(H,27,36)(H,28,38)(H,29,37)(H,31,32)(H,33,34)(H,39,40)/t11-,12-,13-,14-,15-/m0/s1. The van der Waals surface area contributed by atoms with E-state index in [0.29, 0.717) is 5.75 Å². The number of rotatable bonds is 22. The average molecular weight is 639 g/mol. The van der Waals surface area contributed by atoms with Gasteiger partial charge in [0.25, 0.3) is 0 Å². The van der Waals surface area contributed by atoms with Gasteiger partial charge in [0.1, 0.15) is 24.2 Å². The largest absolute Gasteiger partial charge is 0.481 e. The predicted molar refractivity (Wildman–Crippen MR) is 152 cm³/mol. The Morgan fingerprint density at radius 2 is 1.07 bits per heavy atom. The highest BCUT2D eigenvalue weighted by Crippen LogP contribution is 2.07. The Kier molecular flexibility index (Phi) is 18.6. The average Bonchev–Trinajstić information content (AvgIpc) is 2.91. The number of primary amides is 1. The van der Waals surface area contributed by atoms with Gasteiger partial charge in [0, 0.05) is 25.0 Å². The molecule has 0 heterocycles. The predicted octanol–water partition coefficient (Wildman–Crippen LogP) is -2.98. The van der Waals surface area contributed by atoms with E-state index in [2.05, 4.69) is 33.9 Å². The molecule has 11 N–H and O–H groups in total. The summed E-state index contributed by atoms with van der Waals surface area (Å²) in [6.07, 6.45) is -0.533. The molecule has 0 unspecified atom stereocenters. The van der Waals surface area contributed by atoms with Gasteiger partial charge in [-0.3, -0.25) is 33.6 Å². The Morgan fingerprint density at radius 1 is 0.667 bits per heavy atom. The molecule has 17 nitrogen and oxygen atoms in total. The summed E-state index contributed by atoms with van der Waals surface area (Å²) in [7, 11) is 0. The van der Waals surface area contributed by atoms with Crippen molar-refractivity contribution < 1.29 is 53.7 Å². The molecule has 0 aliphatic rings. The number of nitrogens with two attached hydrogens (primary N) is 2. The summed E-state index contributed by atoms with van der Waals surface area (Å²) in [5, 5.41) is 36.5. The van der Waals surface area contributed by atoms with Crippen molar-refractivity contribution in [3.8, 4) is 0 Å². The second-order valence-corrected chi connectivity index (χ2v) is 10.4. The van der Waals surface area contributed by atoms with E-state index in [1.807, 2.05) is 0 Å². The third kappa shape index (κ3) is 16.0. The third-order valence-electron chi connectivity index (χ3n) is 5.64. The summed E-state index contributed by atoms with van der Waals surface area (Å²) < 4.78 is 0. The summed E-state index contributed by atoms with van der Waals surface area (Å²) in [5.41, 5.74) is 10.8. The molecule has 0 aromatic heterocycles. The molecule has 0 spiro atoms. The summed E-state index contributed by atoms with van der Waals surface area (Å²) >= 11 is 5.17. The number of amides is 5. The number of carboxylic acids is 3. The summed E-state index contributed by atoms with van der Waals surface area (Å²) in [6.45, 7) is 0. The van der Waals surface area contributed by atoms with Crippen molar-refractivity contribution >= 4 is 71.8 Å². The Balaban J connectivity index is 5.88. The molecule has 19 heteroatoms. The van der Waals surface area contributed by atoms with Crippen molar-refractivity contribution in [2.75, 3.05) is 17.8 Å². The van der Waals surface area contributed by atoms with Crippen LogP contribution in [0.4, 0.5) is 0 Å². The first-order chi connectivity index (χ1) is 19.6. The van der Waals surface area contributed by atoms with Gasteiger partial charge in [-0.1, -0.05) is 0 Å². The minimum atomic E-state index is -1.56. The van der Waals surface area contributed by atoms with Crippen LogP contribution in [0.1, 0.15) is 44.9 Å². The number of carbonyl (C=O) groups excluding carboxylic acids is 5. The van der Waals surface area contributed by atoms with Crippen LogP contribution in [-0.4, -0.2) is 111 Å². The highest BCUT2D eigenvalue weighted by atomic mass is 32.2. The number of aliphatic carboxylic acids is 3. The SMILES string of the molecule is CSCC[C@H](NC(=O)[C@@H](N)CCC(N)=O)C(=O)N[C@@H](CCC(=O)O)C(=O)N[C@@H](CCC(=O)O)C(=O)N[C@@H](CS)C(=O)O. The minimum absolute atomic E-state index is 0.0818. The van der Waals surface area contributed by atoms with E-state index < -0.39 is 103 Å². The fraction of sp³-hybridized carbons (Fsp3) is 0.652. The van der Waals surface area contributed by atoms with Gasteiger partial charge in [0.05, 0.1) is 6.04 Å². The maximum absolute atomic E-state index is 13.1. The molecule has 5 atom stereocenters. The second-order valence-electron chi connectivity index (χ2n) is 9.02. The first kappa shape index (κ1) is 38.4. The van der Waals surface area contributed by atoms with Crippen LogP contribution < -0.4 is 32.7 Å². The minimum Gasteiger partial charge on any atom is -0.481 e. The lowest BCUT2D eigenvalue weighted by Crippen LogP contribution is -2.58. The number of nitrogens with one attached hydrogen (secondary N) is 4. The highest BCUT2D eigenvalue weighted by Gasteiger charge is 2.32. The lowest BCUT2D eigenvalue weighted by Gasteiger charge is -2.26. The van der Waals surface area contributed by atoms with E-state index in [1.54, 1.807) is 6.26 Å². The molecule has 0 saturated heterocycles. The zero-order valence-corrected chi connectivity index (χ0v) is 24.6. The van der Waals surface area contributed by atoms with Gasteiger partial charge in [-0.15, -0.1) is 0 Å². The Labute approximate surface area is 251 Å². The molecule has 0 fully saturated rings. The van der Waals surface area contributed by atoms with E-state index >= 15 is 0 Å². The number of carboxylic acid groups (broad SMARTS) is 3. The van der Waals surface area contributed by atoms with E-state index in [1.165, 1.54) is 11.8 Å². The van der Waals surface area contributed by atoms with E-state index in [-0.39, 0.29) is 25.0 Å². The molecule has 0 rings (SSSR count). The molecule has 5 amide bonds. The Morgan fingerprint density at radius 3 is 1.43 bits per heavy atom. The van der Waals surface area contributed by atoms with Crippen LogP contribution in [0.25, 0.3) is 0 Å². The summed E-state index contributed by atoms with van der Waals surface area (Å²) in [6, 6.07) is -6.96. The molecule has 0 bridgehead atoms. The van der Waals surface area contributed by atoms with Crippen molar-refractivity contribution in [2.45, 2.75) is 75.2 Å². The smallest absolute Gasteiger partial charge is 0.327 e. The van der Waals surface area contributed by atoms with Crippen LogP contribution >= 0.6 is 24.4 Å². The molecule has 0 radical (unpaired) electrons. The lowest BCUT2D eigenvalue weighted by molar-refractivity contribution is -0.142. The summed E-state index contributed by atoms with van der Waals surface area (Å²) in [4.78, 5) is 96.0. The maximum Gasteiger partial charge on any atom is 0.327 e. The van der Waals surface area contributed by atoms with Crippen molar-refractivity contribution in [2.24, 2.45) is 11.5 Å². The number of hydrogen-bond donors (Lipinski definition) is 10. The van der Waals surface area contributed by atoms with Crippen molar-refractivity contribution in [3.63, 3.8) is 0 Å². The normalized spacial score (nSPS) is 14.3. The quantitative estimate of drug-likeness (QED) is 0.0530. The zero-order valence-electron chi connectivity index (χ0n) is 22.9. The number of thioether (sulfide) groups is 1. The van der Waals surface area contributed by atoms with Crippen LogP contribution in [0.3, 0.4) is 0 Å². The van der Waals surface area contributed by atoms with Gasteiger partial charge in [-0.05, 0) is 37.7 Å². The summed E-state index contributed by atoms with van der Waals surface area (Å²) in [5.74, 6) is -8.41. The van der Waals surface area contributed by atoms with Crippen molar-refractivity contribution in [1.82, 2.24) is 21.3 Å². The Bertz CT molecular complexity index is 1000. The van der Waals surface area contributed by atoms with Gasteiger partial charge in [0.15, 0.2) is 0 Å². The van der Waals surface area contributed by atoms with Gasteiger partial charge in [0.2, 0.25) is 29.5 Å². The first-order valence-electron chi connectivity index (χ1n) is 12.6. The van der Waals surface area contributed by atoms with Gasteiger partial charge < -0.3 is 48.1 Å². The number of thiol groups is 1. The maximum atomic E-state index is 13.1. The van der Waals surface area contributed by atoms with E-state index in [0.717, 1.165) is 0 Å². The molecule has 0 aromatic carbocycles. The van der Waals surface area contributed by atoms with Gasteiger partial charge >= 0.3 is 17.9 Å². The van der Waals surface area contributed by atoms with E-state index in [4.69, 9.17) is 26.8 Å². The van der Waals surface area contributed by atoms with Crippen LogP contribution in [0.2, 0.25) is 0 Å². The molecular formula is C23H38N6O11S2. The van der Waals surface area contributed by atoms with Gasteiger partial charge in [-0.2, -0.15) is 24.4 Å². The number of carbonyl (C=O) groups is 8. The van der Waals surface area contributed by atoms with Crippen LogP contribution in [0.15, 0.2) is 0 Å². The lowest BCUT2D eigenvalue weighted by atomic mass is 10.1. The van der Waals surface area contributed by atoms with Crippen LogP contribution in [0.5, 0.6) is 0 Å². The van der Waals surface area contributed by atoms with Crippen LogP contribution in [-0.2, 0) is 38.4 Å². The van der Waals surface area contributed by atoms with Gasteiger partial charge in [-0.25, -0.2) is 4.79 Å². The zero-order chi connectivity index (χ0) is 32.4. The molecular weight excluding hydrogens is 600 g/mol. The topological polar surface area (TPSA) is 297 Å². The molecule has 42 heavy (non-hydrogen) atoms. The number of hydrogen-bond acceptors (Lipinski definition) is 11. The highest BCUT2D eigenvalue weighted by molar-refractivity contribution is 7.98. The van der Waals surface area contributed by atoms with E-state index in [9.17, 15) is 38.4 Å².